The molecule has 6 heteroatoms. The number of likely N-dealkylation sites (tertiary alicyclic amines) is 1. The third kappa shape index (κ3) is 5.02. The van der Waals surface area contributed by atoms with E-state index in [4.69, 9.17) is 4.74 Å². The van der Waals surface area contributed by atoms with Crippen molar-refractivity contribution < 1.29 is 14.6 Å². The molecule has 1 unspecified atom stereocenters. The van der Waals surface area contributed by atoms with Crippen molar-refractivity contribution in [3.05, 3.63) is 21.4 Å². The minimum absolute atomic E-state index is 0.0713. The van der Waals surface area contributed by atoms with Gasteiger partial charge in [-0.25, -0.2) is 0 Å². The predicted octanol–water partition coefficient (Wildman–Crippen LogP) is 4.01. The number of unbranched alkanes of at least 4 members (excludes halogenated alkanes) is 1. The molecule has 31 heavy (non-hydrogen) atoms. The van der Waals surface area contributed by atoms with Crippen LogP contribution in [0.2, 0.25) is 0 Å². The summed E-state index contributed by atoms with van der Waals surface area (Å²) >= 11 is 1.99. The van der Waals surface area contributed by atoms with Crippen LogP contribution in [0, 0.1) is 5.92 Å². The Labute approximate surface area is 191 Å². The second-order valence-electron chi connectivity index (χ2n) is 9.99. The average molecular weight is 449 g/mol. The number of aryl methyl sites for hydroxylation is 1. The molecule has 2 fully saturated rings. The van der Waals surface area contributed by atoms with Crippen LogP contribution >= 0.6 is 11.3 Å². The molecule has 1 spiro atoms. The number of thiophene rings is 1. The highest BCUT2D eigenvalue weighted by molar-refractivity contribution is 7.12. The Morgan fingerprint density at radius 3 is 2.94 bits per heavy atom. The van der Waals surface area contributed by atoms with E-state index in [0.717, 1.165) is 71.1 Å². The highest BCUT2D eigenvalue weighted by Gasteiger charge is 2.45. The number of hydrogen-bond donors (Lipinski definition) is 2. The topological polar surface area (TPSA) is 61.8 Å². The Morgan fingerprint density at radius 2 is 2.23 bits per heavy atom. The molecule has 4 rings (SSSR count). The van der Waals surface area contributed by atoms with E-state index in [1.165, 1.54) is 10.4 Å². The van der Waals surface area contributed by atoms with Crippen LogP contribution in [-0.4, -0.2) is 53.8 Å². The van der Waals surface area contributed by atoms with Gasteiger partial charge in [0.15, 0.2) is 0 Å². The highest BCUT2D eigenvalue weighted by atomic mass is 32.1. The number of ether oxygens (including phenoxy) is 1. The fraction of sp³-hybridized carbons (Fsp3) is 0.800. The van der Waals surface area contributed by atoms with Gasteiger partial charge < -0.3 is 20.1 Å². The van der Waals surface area contributed by atoms with Gasteiger partial charge in [0.25, 0.3) is 0 Å². The lowest BCUT2D eigenvalue weighted by molar-refractivity contribution is -0.131. The Hall–Kier alpha value is -0.950. The van der Waals surface area contributed by atoms with E-state index in [-0.39, 0.29) is 17.6 Å². The second kappa shape index (κ2) is 9.90. The van der Waals surface area contributed by atoms with E-state index in [2.05, 4.69) is 37.1 Å². The van der Waals surface area contributed by atoms with Gasteiger partial charge in [0, 0.05) is 41.3 Å². The molecule has 1 amide bonds. The fourth-order valence-electron chi connectivity index (χ4n) is 5.71. The molecule has 1 aliphatic carbocycles. The van der Waals surface area contributed by atoms with Crippen molar-refractivity contribution in [2.75, 3.05) is 19.7 Å². The number of aliphatic hydroxyl groups is 1. The number of nitrogens with zero attached hydrogens (tertiary/aromatic N) is 1. The van der Waals surface area contributed by atoms with E-state index in [1.54, 1.807) is 4.88 Å². The Bertz CT molecular complexity index is 760. The van der Waals surface area contributed by atoms with Crippen LogP contribution in [0.1, 0.15) is 81.0 Å². The Balaban J connectivity index is 1.25. The summed E-state index contributed by atoms with van der Waals surface area (Å²) in [5.74, 6) is 0.461. The lowest BCUT2D eigenvalue weighted by Crippen LogP contribution is -2.54. The molecular formula is C25H40N2O3S. The summed E-state index contributed by atoms with van der Waals surface area (Å²) in [7, 11) is 0. The number of piperidine rings is 1. The van der Waals surface area contributed by atoms with E-state index in [1.807, 2.05) is 11.3 Å². The van der Waals surface area contributed by atoms with E-state index in [9.17, 15) is 9.90 Å². The van der Waals surface area contributed by atoms with Crippen LogP contribution in [0.3, 0.4) is 0 Å². The molecule has 3 atom stereocenters. The fourth-order valence-corrected chi connectivity index (χ4v) is 6.88. The van der Waals surface area contributed by atoms with Crippen LogP contribution in [0.4, 0.5) is 0 Å². The number of hydrogen-bond acceptors (Lipinski definition) is 5. The van der Waals surface area contributed by atoms with Gasteiger partial charge in [0.05, 0.1) is 12.2 Å². The van der Waals surface area contributed by atoms with Crippen LogP contribution in [0.25, 0.3) is 0 Å². The number of rotatable bonds is 8. The zero-order valence-electron chi connectivity index (χ0n) is 19.5. The molecule has 3 aliphatic rings. The third-order valence-corrected chi connectivity index (χ3v) is 9.01. The molecule has 1 aromatic rings. The number of nitrogens with one attached hydrogen (secondary N) is 1. The number of carbonyl (C=O) groups is 1. The third-order valence-electron chi connectivity index (χ3n) is 7.67. The molecule has 2 aliphatic heterocycles. The summed E-state index contributed by atoms with van der Waals surface area (Å²) in [5, 5.41) is 13.0. The minimum Gasteiger partial charge on any atom is -0.383 e. The molecule has 1 saturated carbocycles. The largest absolute Gasteiger partial charge is 0.383 e. The standard InChI is InChI=1S/C25H40N2O3S/c1-4-6-7-22(28)24(29)26-19-12-18(13-19)16-27-10-9-25(15-17(27)3)21-14-20(5-2)31-23(21)8-11-30-25/h14,17-19,22,28H,4-13,15-16H2,1-3H3,(H,26,29)/t17-,18-,19+,22?,25+/m0/s1. The van der Waals surface area contributed by atoms with Crippen LogP contribution < -0.4 is 5.32 Å². The van der Waals surface area contributed by atoms with Crippen molar-refractivity contribution in [1.29, 1.82) is 0 Å². The minimum atomic E-state index is -0.844. The molecule has 5 nitrogen and oxygen atoms in total. The maximum Gasteiger partial charge on any atom is 0.249 e. The molecule has 1 saturated heterocycles. The van der Waals surface area contributed by atoms with Crippen molar-refractivity contribution in [3.63, 3.8) is 0 Å². The van der Waals surface area contributed by atoms with Gasteiger partial charge in [-0.2, -0.15) is 0 Å². The Kier molecular flexibility index (Phi) is 7.41. The average Bonchev–Trinajstić information content (AvgIpc) is 3.17. The lowest BCUT2D eigenvalue weighted by atomic mass is 9.76. The molecule has 0 radical (unpaired) electrons. The second-order valence-corrected chi connectivity index (χ2v) is 11.2. The summed E-state index contributed by atoms with van der Waals surface area (Å²) in [4.78, 5) is 17.8. The van der Waals surface area contributed by atoms with Gasteiger partial charge in [0.1, 0.15) is 6.10 Å². The van der Waals surface area contributed by atoms with Gasteiger partial charge in [-0.05, 0) is 63.0 Å². The summed E-state index contributed by atoms with van der Waals surface area (Å²) < 4.78 is 6.47. The summed E-state index contributed by atoms with van der Waals surface area (Å²) in [6.45, 7) is 9.73. The van der Waals surface area contributed by atoms with Crippen LogP contribution in [0.5, 0.6) is 0 Å². The SMILES string of the molecule is CCCCC(O)C(=O)N[C@H]1C[C@@H](CN2CC[C@]3(C[C@@H]2C)OCCc2sc(CC)cc23)C1. The normalized spacial score (nSPS) is 31.8. The maximum atomic E-state index is 12.1. The summed E-state index contributed by atoms with van der Waals surface area (Å²) in [6.07, 6.45) is 8.04. The van der Waals surface area contributed by atoms with E-state index in [0.29, 0.717) is 18.4 Å². The van der Waals surface area contributed by atoms with Gasteiger partial charge >= 0.3 is 0 Å². The van der Waals surface area contributed by atoms with Crippen molar-refractivity contribution in [1.82, 2.24) is 10.2 Å². The monoisotopic (exact) mass is 448 g/mol. The molecular weight excluding hydrogens is 408 g/mol. The molecule has 2 N–H and O–H groups in total. The van der Waals surface area contributed by atoms with E-state index < -0.39 is 6.10 Å². The number of amides is 1. The summed E-state index contributed by atoms with van der Waals surface area (Å²) in [6, 6.07) is 3.17. The first-order chi connectivity index (χ1) is 14.9. The predicted molar refractivity (Wildman–Crippen MR) is 125 cm³/mol. The van der Waals surface area contributed by atoms with Crippen molar-refractivity contribution in [2.24, 2.45) is 5.92 Å². The number of aliphatic hydroxyl groups excluding tert-OH is 1. The first-order valence-electron chi connectivity index (χ1n) is 12.4. The quantitative estimate of drug-likeness (QED) is 0.631. The van der Waals surface area contributed by atoms with Gasteiger partial charge in [-0.15, -0.1) is 11.3 Å². The van der Waals surface area contributed by atoms with Crippen molar-refractivity contribution in [2.45, 2.75) is 102 Å². The zero-order valence-corrected chi connectivity index (χ0v) is 20.3. The molecule has 0 aromatic carbocycles. The van der Waals surface area contributed by atoms with Gasteiger partial charge in [0.2, 0.25) is 5.91 Å². The number of carbonyl (C=O) groups excluding carboxylic acids is 1. The molecule has 0 bridgehead atoms. The number of fused-ring (bicyclic) bond motifs is 2. The lowest BCUT2D eigenvalue weighted by Gasteiger charge is -2.49. The van der Waals surface area contributed by atoms with E-state index >= 15 is 0 Å². The van der Waals surface area contributed by atoms with Crippen molar-refractivity contribution in [3.8, 4) is 0 Å². The zero-order chi connectivity index (χ0) is 22.0. The highest BCUT2D eigenvalue weighted by Crippen LogP contribution is 2.46. The van der Waals surface area contributed by atoms with Gasteiger partial charge in [-0.1, -0.05) is 26.7 Å². The smallest absolute Gasteiger partial charge is 0.249 e. The first kappa shape index (κ1) is 23.2. The maximum absolute atomic E-state index is 12.1. The Morgan fingerprint density at radius 1 is 1.42 bits per heavy atom. The van der Waals surface area contributed by atoms with Crippen LogP contribution in [-0.2, 0) is 28.0 Å². The van der Waals surface area contributed by atoms with Gasteiger partial charge in [-0.3, -0.25) is 4.79 Å². The molecule has 174 valence electrons. The summed E-state index contributed by atoms with van der Waals surface area (Å²) in [5.41, 5.74) is 1.41. The molecule has 1 aromatic heterocycles. The van der Waals surface area contributed by atoms with Crippen LogP contribution in [0.15, 0.2) is 6.07 Å². The first-order valence-corrected chi connectivity index (χ1v) is 13.2. The van der Waals surface area contributed by atoms with Crippen molar-refractivity contribution >= 4 is 17.2 Å². The molecule has 3 heterocycles.